The van der Waals surface area contributed by atoms with Crippen molar-refractivity contribution in [1.29, 1.82) is 0 Å². The van der Waals surface area contributed by atoms with Crippen molar-refractivity contribution in [2.75, 3.05) is 25.5 Å². The molecule has 7 nitrogen and oxygen atoms in total. The number of methoxy groups -OCH3 is 1. The fraction of sp³-hybridized carbons (Fsp3) is 0.258. The van der Waals surface area contributed by atoms with Gasteiger partial charge in [0, 0.05) is 36.8 Å². The number of carbonyl (C=O) groups is 2. The molecule has 0 saturated carbocycles. The van der Waals surface area contributed by atoms with E-state index >= 15 is 0 Å². The first-order valence-electron chi connectivity index (χ1n) is 12.9. The van der Waals surface area contributed by atoms with Gasteiger partial charge in [-0.3, -0.25) is 14.4 Å². The van der Waals surface area contributed by atoms with Crippen molar-refractivity contribution in [3.05, 3.63) is 106 Å². The molecule has 2 amide bonds. The molecule has 1 saturated heterocycles. The summed E-state index contributed by atoms with van der Waals surface area (Å²) in [5.41, 5.74) is 2.56. The molecule has 1 aromatic heterocycles. The number of rotatable bonds is 5. The van der Waals surface area contributed by atoms with Gasteiger partial charge in [0.05, 0.1) is 13.5 Å². The average Bonchev–Trinajstić information content (AvgIpc) is 2.94. The van der Waals surface area contributed by atoms with E-state index in [2.05, 4.69) is 5.32 Å². The number of amides is 2. The van der Waals surface area contributed by atoms with Crippen LogP contribution in [-0.2, 0) is 17.8 Å². The Morgan fingerprint density at radius 1 is 0.921 bits per heavy atom. The lowest BCUT2D eigenvalue weighted by Crippen LogP contribution is -2.49. The number of aromatic nitrogens is 1. The molecular weight excluding hydrogens is 478 g/mol. The summed E-state index contributed by atoms with van der Waals surface area (Å²) >= 11 is 0. The Bertz CT molecular complexity index is 1590. The van der Waals surface area contributed by atoms with E-state index in [1.54, 1.807) is 17.7 Å². The zero-order chi connectivity index (χ0) is 26.2. The summed E-state index contributed by atoms with van der Waals surface area (Å²) in [6.45, 7) is 1.72. The monoisotopic (exact) mass is 507 g/mol. The molecule has 3 heterocycles. The molecule has 0 radical (unpaired) electrons. The molecule has 7 heteroatoms. The number of hydrogen-bond donors (Lipinski definition) is 1. The number of piperidine rings is 1. The molecule has 1 fully saturated rings. The first-order valence-corrected chi connectivity index (χ1v) is 12.9. The first kappa shape index (κ1) is 24.0. The highest BCUT2D eigenvalue weighted by atomic mass is 16.5. The van der Waals surface area contributed by atoms with Crippen LogP contribution in [0.5, 0.6) is 5.75 Å². The van der Waals surface area contributed by atoms with E-state index in [0.29, 0.717) is 25.2 Å². The van der Waals surface area contributed by atoms with Crippen LogP contribution in [0.1, 0.15) is 34.0 Å². The summed E-state index contributed by atoms with van der Waals surface area (Å²) in [7, 11) is 1.60. The molecular formula is C31H29N3O4. The molecule has 2 bridgehead atoms. The van der Waals surface area contributed by atoms with Crippen LogP contribution in [-0.4, -0.2) is 41.5 Å². The molecule has 6 rings (SSSR count). The van der Waals surface area contributed by atoms with Crippen LogP contribution in [0.15, 0.2) is 83.7 Å². The van der Waals surface area contributed by atoms with Crippen LogP contribution < -0.4 is 15.6 Å². The number of nitrogens with zero attached hydrogens (tertiary/aromatic N) is 2. The van der Waals surface area contributed by atoms with Gasteiger partial charge in [0.25, 0.3) is 11.5 Å². The van der Waals surface area contributed by atoms with Gasteiger partial charge >= 0.3 is 0 Å². The zero-order valence-electron chi connectivity index (χ0n) is 21.2. The fourth-order valence-electron chi connectivity index (χ4n) is 5.83. The number of ether oxygens (including phenoxy) is 1. The Balaban J connectivity index is 1.18. The van der Waals surface area contributed by atoms with Crippen molar-refractivity contribution in [2.24, 2.45) is 5.92 Å². The Labute approximate surface area is 220 Å². The number of benzene rings is 3. The third-order valence-corrected chi connectivity index (χ3v) is 7.69. The van der Waals surface area contributed by atoms with Crippen LogP contribution in [0.4, 0.5) is 5.69 Å². The van der Waals surface area contributed by atoms with Crippen LogP contribution in [0.25, 0.3) is 10.8 Å². The molecule has 2 aliphatic rings. The van der Waals surface area contributed by atoms with Crippen molar-refractivity contribution < 1.29 is 14.3 Å². The topological polar surface area (TPSA) is 80.6 Å². The number of likely N-dealkylation sites (tertiary alicyclic amines) is 1. The first-order chi connectivity index (χ1) is 18.5. The predicted octanol–water partition coefficient (Wildman–Crippen LogP) is 4.45. The second-order valence-electron chi connectivity index (χ2n) is 10.2. The predicted molar refractivity (Wildman–Crippen MR) is 147 cm³/mol. The normalized spacial score (nSPS) is 18.1. The molecule has 3 aromatic carbocycles. The lowest BCUT2D eigenvalue weighted by molar-refractivity contribution is -0.115. The van der Waals surface area contributed by atoms with E-state index in [9.17, 15) is 14.4 Å². The van der Waals surface area contributed by atoms with Gasteiger partial charge in [0.1, 0.15) is 11.4 Å². The second kappa shape index (κ2) is 9.82. The van der Waals surface area contributed by atoms with Gasteiger partial charge in [0.2, 0.25) is 5.91 Å². The number of carbonyl (C=O) groups excluding carboxylic acids is 2. The smallest absolute Gasteiger partial charge is 0.274 e. The molecule has 2 atom stereocenters. The number of hydrogen-bond acceptors (Lipinski definition) is 4. The molecule has 2 aliphatic heterocycles. The van der Waals surface area contributed by atoms with Crippen LogP contribution in [0.2, 0.25) is 0 Å². The van der Waals surface area contributed by atoms with Crippen molar-refractivity contribution in [2.45, 2.75) is 25.3 Å². The van der Waals surface area contributed by atoms with E-state index in [1.807, 2.05) is 77.7 Å². The van der Waals surface area contributed by atoms with Gasteiger partial charge in [-0.05, 0) is 65.1 Å². The highest BCUT2D eigenvalue weighted by Crippen LogP contribution is 2.36. The molecule has 38 heavy (non-hydrogen) atoms. The quantitative estimate of drug-likeness (QED) is 0.433. The Kier molecular flexibility index (Phi) is 6.19. The molecule has 0 unspecified atom stereocenters. The number of pyridine rings is 1. The molecule has 192 valence electrons. The maximum absolute atomic E-state index is 13.4. The second-order valence-corrected chi connectivity index (χ2v) is 10.2. The Hall–Kier alpha value is -4.39. The fourth-order valence-corrected chi connectivity index (χ4v) is 5.83. The third-order valence-electron chi connectivity index (χ3n) is 7.69. The van der Waals surface area contributed by atoms with Crippen molar-refractivity contribution in [3.63, 3.8) is 0 Å². The maximum atomic E-state index is 13.4. The van der Waals surface area contributed by atoms with E-state index in [4.69, 9.17) is 4.74 Å². The van der Waals surface area contributed by atoms with Crippen LogP contribution in [0, 0.1) is 5.92 Å². The SMILES string of the molecule is COc1ccc(CC(=O)Nc2ccc3n(c2=O)C[C@@H]2C[C@@H]3CN(C(=O)c3ccc4ccccc4c3)C2)cc1. The van der Waals surface area contributed by atoms with Gasteiger partial charge < -0.3 is 19.5 Å². The van der Waals surface area contributed by atoms with E-state index in [-0.39, 0.29) is 41.3 Å². The summed E-state index contributed by atoms with van der Waals surface area (Å²) < 4.78 is 6.95. The van der Waals surface area contributed by atoms with Gasteiger partial charge in [0.15, 0.2) is 0 Å². The minimum atomic E-state index is -0.240. The highest BCUT2D eigenvalue weighted by Gasteiger charge is 2.37. The summed E-state index contributed by atoms with van der Waals surface area (Å²) in [6, 6.07) is 24.8. The summed E-state index contributed by atoms with van der Waals surface area (Å²) in [5.74, 6) is 0.794. The van der Waals surface area contributed by atoms with E-state index in [0.717, 1.165) is 34.2 Å². The molecule has 0 aliphatic carbocycles. The highest BCUT2D eigenvalue weighted by molar-refractivity contribution is 5.98. The largest absolute Gasteiger partial charge is 0.497 e. The molecule has 0 spiro atoms. The molecule has 4 aromatic rings. The standard InChI is InChI=1S/C31H29N3O4/c1-38-26-10-6-20(7-11-26)15-29(35)32-27-12-13-28-25-14-21(18-34(28)31(27)37)17-33(19-25)30(36)24-9-8-22-4-2-3-5-23(22)16-24/h2-13,16,21,25H,14-15,17-19H2,1H3,(H,32,35)/t21-,25-/m1/s1. The Morgan fingerprint density at radius 3 is 2.50 bits per heavy atom. The lowest BCUT2D eigenvalue weighted by atomic mass is 9.83. The minimum Gasteiger partial charge on any atom is -0.497 e. The Morgan fingerprint density at radius 2 is 1.71 bits per heavy atom. The van der Waals surface area contributed by atoms with E-state index in [1.165, 1.54) is 0 Å². The molecule has 1 N–H and O–H groups in total. The average molecular weight is 508 g/mol. The van der Waals surface area contributed by atoms with Gasteiger partial charge in [-0.2, -0.15) is 0 Å². The van der Waals surface area contributed by atoms with Crippen molar-refractivity contribution in [3.8, 4) is 5.75 Å². The maximum Gasteiger partial charge on any atom is 0.274 e. The lowest BCUT2D eigenvalue weighted by Gasteiger charge is -2.43. The van der Waals surface area contributed by atoms with Crippen LogP contribution in [0.3, 0.4) is 0 Å². The minimum absolute atomic E-state index is 0.0312. The van der Waals surface area contributed by atoms with Crippen molar-refractivity contribution >= 4 is 28.3 Å². The number of anilines is 1. The van der Waals surface area contributed by atoms with Gasteiger partial charge in [-0.1, -0.05) is 42.5 Å². The van der Waals surface area contributed by atoms with Gasteiger partial charge in [-0.15, -0.1) is 0 Å². The summed E-state index contributed by atoms with van der Waals surface area (Å²) in [4.78, 5) is 41.3. The summed E-state index contributed by atoms with van der Waals surface area (Å²) in [6.07, 6.45) is 1.12. The van der Waals surface area contributed by atoms with Crippen LogP contribution >= 0.6 is 0 Å². The third kappa shape index (κ3) is 4.56. The van der Waals surface area contributed by atoms with Crippen molar-refractivity contribution in [1.82, 2.24) is 9.47 Å². The zero-order valence-corrected chi connectivity index (χ0v) is 21.2. The van der Waals surface area contributed by atoms with E-state index < -0.39 is 0 Å². The van der Waals surface area contributed by atoms with Gasteiger partial charge in [-0.25, -0.2) is 0 Å². The summed E-state index contributed by atoms with van der Waals surface area (Å²) in [5, 5.41) is 4.96. The number of fused-ring (bicyclic) bond motifs is 5. The number of nitrogens with one attached hydrogen (secondary N) is 1.